The zero-order chi connectivity index (χ0) is 14.7. The van der Waals surface area contributed by atoms with Gasteiger partial charge in [-0.2, -0.15) is 5.10 Å². The number of nitro groups is 1. The van der Waals surface area contributed by atoms with Crippen molar-refractivity contribution in [3.8, 4) is 0 Å². The van der Waals surface area contributed by atoms with Gasteiger partial charge in [0.25, 0.3) is 5.69 Å². The molecule has 0 fully saturated rings. The first-order valence-corrected chi connectivity index (χ1v) is 6.42. The molecule has 20 heavy (non-hydrogen) atoms. The van der Waals surface area contributed by atoms with Crippen LogP contribution in [-0.2, 0) is 20.1 Å². The van der Waals surface area contributed by atoms with Gasteiger partial charge in [-0.15, -0.1) is 0 Å². The van der Waals surface area contributed by atoms with Crippen LogP contribution in [0.4, 0.5) is 5.69 Å². The smallest absolute Gasteiger partial charge is 0.288 e. The van der Waals surface area contributed by atoms with Crippen LogP contribution in [0.3, 0.4) is 0 Å². The van der Waals surface area contributed by atoms with Crippen molar-refractivity contribution in [1.29, 1.82) is 0 Å². The van der Waals surface area contributed by atoms with Crippen molar-refractivity contribution in [1.82, 2.24) is 14.7 Å². The van der Waals surface area contributed by atoms with Crippen LogP contribution in [0.1, 0.15) is 11.1 Å². The van der Waals surface area contributed by atoms with Gasteiger partial charge in [0.05, 0.1) is 11.1 Å². The molecule has 1 heterocycles. The molecule has 1 aromatic heterocycles. The highest BCUT2D eigenvalue weighted by molar-refractivity contribution is 6.32. The highest BCUT2D eigenvalue weighted by Gasteiger charge is 2.13. The lowest BCUT2D eigenvalue weighted by Gasteiger charge is -2.15. The van der Waals surface area contributed by atoms with Crippen LogP contribution in [-0.4, -0.2) is 26.7 Å². The number of nitro benzene ring substituents is 1. The van der Waals surface area contributed by atoms with Crippen LogP contribution in [0.2, 0.25) is 5.02 Å². The third kappa shape index (κ3) is 3.55. The molecule has 0 atom stereocenters. The molecule has 7 heteroatoms. The van der Waals surface area contributed by atoms with E-state index in [-0.39, 0.29) is 10.7 Å². The van der Waals surface area contributed by atoms with Crippen molar-refractivity contribution >= 4 is 17.3 Å². The average molecular weight is 295 g/mol. The summed E-state index contributed by atoms with van der Waals surface area (Å²) in [5, 5.41) is 15.1. The minimum absolute atomic E-state index is 0.0565. The molecule has 0 spiro atoms. The van der Waals surface area contributed by atoms with E-state index in [4.69, 9.17) is 11.6 Å². The molecule has 2 aromatic rings. The number of benzene rings is 1. The molecule has 0 bridgehead atoms. The fourth-order valence-corrected chi connectivity index (χ4v) is 2.22. The standard InChI is InChI=1S/C13H15ClN4O2/c1-16(8-11-6-15-17(2)9-11)7-10-3-4-12(14)13(5-10)18(19)20/h3-6,9H,7-8H2,1-2H3. The first-order valence-electron chi connectivity index (χ1n) is 6.04. The molecule has 0 saturated heterocycles. The van der Waals surface area contributed by atoms with Crippen LogP contribution in [0.25, 0.3) is 0 Å². The normalized spacial score (nSPS) is 11.0. The van der Waals surface area contributed by atoms with Gasteiger partial charge in [0.15, 0.2) is 0 Å². The van der Waals surface area contributed by atoms with E-state index in [1.54, 1.807) is 23.0 Å². The number of hydrogen-bond donors (Lipinski definition) is 0. The second kappa shape index (κ2) is 6.02. The summed E-state index contributed by atoms with van der Waals surface area (Å²) in [7, 11) is 3.82. The van der Waals surface area contributed by atoms with Crippen LogP contribution in [0.5, 0.6) is 0 Å². The summed E-state index contributed by atoms with van der Waals surface area (Å²) in [6, 6.07) is 4.88. The molecule has 0 aliphatic rings. The number of halogens is 1. The van der Waals surface area contributed by atoms with E-state index in [2.05, 4.69) is 10.00 Å². The van der Waals surface area contributed by atoms with Gasteiger partial charge in [-0.05, 0) is 18.7 Å². The molecule has 0 unspecified atom stereocenters. The van der Waals surface area contributed by atoms with Gasteiger partial charge in [-0.25, -0.2) is 0 Å². The van der Waals surface area contributed by atoms with E-state index in [1.807, 2.05) is 20.3 Å². The molecule has 0 radical (unpaired) electrons. The largest absolute Gasteiger partial charge is 0.298 e. The SMILES string of the molecule is CN(Cc1ccc(Cl)c([N+](=O)[O-])c1)Cc1cnn(C)c1. The molecule has 0 amide bonds. The maximum Gasteiger partial charge on any atom is 0.288 e. The lowest BCUT2D eigenvalue weighted by Crippen LogP contribution is -2.17. The maximum absolute atomic E-state index is 10.9. The van der Waals surface area contributed by atoms with Crippen LogP contribution < -0.4 is 0 Å². The molecule has 106 valence electrons. The van der Waals surface area contributed by atoms with Crippen LogP contribution >= 0.6 is 11.6 Å². The number of hydrogen-bond acceptors (Lipinski definition) is 4. The van der Waals surface area contributed by atoms with Gasteiger partial charge in [-0.3, -0.25) is 19.7 Å². The predicted octanol–water partition coefficient (Wildman–Crippen LogP) is 2.61. The minimum Gasteiger partial charge on any atom is -0.298 e. The van der Waals surface area contributed by atoms with Crippen molar-refractivity contribution < 1.29 is 4.92 Å². The summed E-state index contributed by atoms with van der Waals surface area (Å²) in [4.78, 5) is 12.4. The van der Waals surface area contributed by atoms with Gasteiger partial charge in [0.1, 0.15) is 5.02 Å². The Morgan fingerprint density at radius 2 is 2.10 bits per heavy atom. The number of aryl methyl sites for hydroxylation is 1. The Balaban J connectivity index is 2.06. The maximum atomic E-state index is 10.9. The van der Waals surface area contributed by atoms with Gasteiger partial charge < -0.3 is 0 Å². The molecule has 2 rings (SSSR count). The Morgan fingerprint density at radius 1 is 1.40 bits per heavy atom. The van der Waals surface area contributed by atoms with Crippen LogP contribution in [0, 0.1) is 10.1 Å². The molecule has 0 aliphatic carbocycles. The molecule has 0 aliphatic heterocycles. The van der Waals surface area contributed by atoms with Crippen molar-refractivity contribution in [2.24, 2.45) is 7.05 Å². The fraction of sp³-hybridized carbons (Fsp3) is 0.308. The summed E-state index contributed by atoms with van der Waals surface area (Å²) in [5.74, 6) is 0. The van der Waals surface area contributed by atoms with E-state index in [0.717, 1.165) is 17.7 Å². The highest BCUT2D eigenvalue weighted by atomic mass is 35.5. The third-order valence-corrected chi connectivity index (χ3v) is 3.19. The number of nitrogens with zero attached hydrogens (tertiary/aromatic N) is 4. The van der Waals surface area contributed by atoms with E-state index in [9.17, 15) is 10.1 Å². The number of aromatic nitrogens is 2. The Bertz CT molecular complexity index is 627. The molecule has 0 saturated carbocycles. The summed E-state index contributed by atoms with van der Waals surface area (Å²) >= 11 is 5.79. The quantitative estimate of drug-likeness (QED) is 0.628. The second-order valence-electron chi connectivity index (χ2n) is 4.74. The molecule has 0 N–H and O–H groups in total. The predicted molar refractivity (Wildman–Crippen MR) is 76.5 cm³/mol. The molecular weight excluding hydrogens is 280 g/mol. The monoisotopic (exact) mass is 294 g/mol. The summed E-state index contributed by atoms with van der Waals surface area (Å²) < 4.78 is 1.75. The van der Waals surface area contributed by atoms with E-state index >= 15 is 0 Å². The summed E-state index contributed by atoms with van der Waals surface area (Å²) in [5.41, 5.74) is 1.89. The fourth-order valence-electron chi connectivity index (χ4n) is 2.03. The molecule has 1 aromatic carbocycles. The topological polar surface area (TPSA) is 64.2 Å². The van der Waals surface area contributed by atoms with Crippen molar-refractivity contribution in [2.45, 2.75) is 13.1 Å². The number of rotatable bonds is 5. The molecular formula is C13H15ClN4O2. The third-order valence-electron chi connectivity index (χ3n) is 2.87. The summed E-state index contributed by atoms with van der Waals surface area (Å²) in [6.07, 6.45) is 3.75. The van der Waals surface area contributed by atoms with Crippen LogP contribution in [0.15, 0.2) is 30.6 Å². The Kier molecular flexibility index (Phi) is 4.36. The zero-order valence-corrected chi connectivity index (χ0v) is 12.0. The van der Waals surface area contributed by atoms with Crippen molar-refractivity contribution in [2.75, 3.05) is 7.05 Å². The van der Waals surface area contributed by atoms with Crippen molar-refractivity contribution in [3.05, 3.63) is 56.9 Å². The van der Waals surface area contributed by atoms with E-state index < -0.39 is 4.92 Å². The van der Waals surface area contributed by atoms with Gasteiger partial charge in [-0.1, -0.05) is 17.7 Å². The van der Waals surface area contributed by atoms with Gasteiger partial charge in [0.2, 0.25) is 0 Å². The van der Waals surface area contributed by atoms with Gasteiger partial charge in [0, 0.05) is 38.0 Å². The van der Waals surface area contributed by atoms with E-state index in [0.29, 0.717) is 6.54 Å². The Morgan fingerprint density at radius 3 is 2.70 bits per heavy atom. The zero-order valence-electron chi connectivity index (χ0n) is 11.3. The van der Waals surface area contributed by atoms with Gasteiger partial charge >= 0.3 is 0 Å². The van der Waals surface area contributed by atoms with E-state index in [1.165, 1.54) is 6.07 Å². The van der Waals surface area contributed by atoms with Crippen molar-refractivity contribution in [3.63, 3.8) is 0 Å². The lowest BCUT2D eigenvalue weighted by atomic mass is 10.2. The summed E-state index contributed by atoms with van der Waals surface area (Å²) in [6.45, 7) is 1.33. The Labute approximate surface area is 121 Å². The minimum atomic E-state index is -0.465. The average Bonchev–Trinajstić information content (AvgIpc) is 2.76. The molecule has 6 nitrogen and oxygen atoms in total. The highest BCUT2D eigenvalue weighted by Crippen LogP contribution is 2.25. The first-order chi connectivity index (χ1) is 9.45. The lowest BCUT2D eigenvalue weighted by molar-refractivity contribution is -0.384. The first kappa shape index (κ1) is 14.5. The Hall–Kier alpha value is -1.92. The second-order valence-corrected chi connectivity index (χ2v) is 5.14.